The summed E-state index contributed by atoms with van der Waals surface area (Å²) in [6.45, 7) is 4.06. The molecule has 0 aliphatic heterocycles. The maximum absolute atomic E-state index is 12.2. The predicted octanol–water partition coefficient (Wildman–Crippen LogP) is 2.70. The number of carbonyl (C=O) groups excluding carboxylic acids is 1. The molecule has 0 aliphatic carbocycles. The fourth-order valence-electron chi connectivity index (χ4n) is 1.75. The zero-order valence-electron chi connectivity index (χ0n) is 11.7. The highest BCUT2D eigenvalue weighted by Crippen LogP contribution is 2.16. The Morgan fingerprint density at radius 3 is 2.21 bits per heavy atom. The quantitative estimate of drug-likeness (QED) is 0.571. The first-order chi connectivity index (χ1) is 8.89. The van der Waals surface area contributed by atoms with Crippen LogP contribution in [0.4, 0.5) is 0 Å². The molecule has 0 fully saturated rings. The lowest BCUT2D eigenvalue weighted by Crippen LogP contribution is -2.28. The van der Waals surface area contributed by atoms with Crippen LogP contribution in [0.25, 0.3) is 0 Å². The van der Waals surface area contributed by atoms with E-state index >= 15 is 0 Å². The van der Waals surface area contributed by atoms with Gasteiger partial charge in [0.05, 0.1) is 4.90 Å². The van der Waals surface area contributed by atoms with Gasteiger partial charge in [-0.25, -0.2) is 12.7 Å². The van der Waals surface area contributed by atoms with Crippen LogP contribution in [-0.4, -0.2) is 32.1 Å². The van der Waals surface area contributed by atoms with Gasteiger partial charge in [-0.15, -0.1) is 0 Å². The molecule has 0 bridgehead atoms. The Kier molecular flexibility index (Phi) is 5.69. The normalized spacial score (nSPS) is 11.8. The van der Waals surface area contributed by atoms with E-state index in [4.69, 9.17) is 0 Å². The largest absolute Gasteiger partial charge is 0.295 e. The maximum Gasteiger partial charge on any atom is 0.242 e. The highest BCUT2D eigenvalue weighted by atomic mass is 32.2. The Balaban J connectivity index is 2.84. The Labute approximate surface area is 115 Å². The summed E-state index contributed by atoms with van der Waals surface area (Å²) in [5, 5.41) is 0. The number of benzene rings is 1. The molecular weight excluding hydrogens is 262 g/mol. The van der Waals surface area contributed by atoms with Crippen molar-refractivity contribution in [3.05, 3.63) is 29.8 Å². The second kappa shape index (κ2) is 6.82. The molecule has 0 aliphatic rings. The van der Waals surface area contributed by atoms with Crippen LogP contribution in [0.5, 0.6) is 0 Å². The second-order valence-electron chi connectivity index (χ2n) is 4.61. The molecule has 0 amide bonds. The molecule has 19 heavy (non-hydrogen) atoms. The number of sulfonamides is 1. The van der Waals surface area contributed by atoms with Gasteiger partial charge in [0.25, 0.3) is 0 Å². The van der Waals surface area contributed by atoms with Crippen LogP contribution < -0.4 is 0 Å². The molecule has 1 aromatic rings. The Hall–Kier alpha value is -1.20. The standard InChI is InChI=1S/C14H21NO3S/c1-4-5-6-11-15(3)19(17,18)14-9-7-13(8-10-14)12(2)16/h7-10H,4-6,11H2,1-3H3. The molecular formula is C14H21NO3S. The summed E-state index contributed by atoms with van der Waals surface area (Å²) in [4.78, 5) is 11.4. The Morgan fingerprint density at radius 2 is 1.74 bits per heavy atom. The minimum Gasteiger partial charge on any atom is -0.295 e. The van der Waals surface area contributed by atoms with Gasteiger partial charge in [0, 0.05) is 19.2 Å². The van der Waals surface area contributed by atoms with Gasteiger partial charge in [0.15, 0.2) is 5.78 Å². The van der Waals surface area contributed by atoms with Crippen LogP contribution in [-0.2, 0) is 10.0 Å². The lowest BCUT2D eigenvalue weighted by molar-refractivity contribution is 0.101. The van der Waals surface area contributed by atoms with E-state index in [1.807, 2.05) is 0 Å². The molecule has 106 valence electrons. The van der Waals surface area contributed by atoms with E-state index < -0.39 is 10.0 Å². The fraction of sp³-hybridized carbons (Fsp3) is 0.500. The number of nitrogens with zero attached hydrogens (tertiary/aromatic N) is 1. The number of hydrogen-bond acceptors (Lipinski definition) is 3. The Morgan fingerprint density at radius 1 is 1.16 bits per heavy atom. The lowest BCUT2D eigenvalue weighted by Gasteiger charge is -2.17. The first-order valence-corrected chi connectivity index (χ1v) is 7.91. The summed E-state index contributed by atoms with van der Waals surface area (Å²) >= 11 is 0. The second-order valence-corrected chi connectivity index (χ2v) is 6.66. The van der Waals surface area contributed by atoms with Crippen LogP contribution >= 0.6 is 0 Å². The van der Waals surface area contributed by atoms with Crippen LogP contribution in [0, 0.1) is 0 Å². The topological polar surface area (TPSA) is 54.5 Å². The minimum absolute atomic E-state index is 0.0692. The average Bonchev–Trinajstić information content (AvgIpc) is 2.39. The van der Waals surface area contributed by atoms with Gasteiger partial charge in [0.2, 0.25) is 10.0 Å². The molecule has 0 heterocycles. The van der Waals surface area contributed by atoms with Gasteiger partial charge in [-0.05, 0) is 25.5 Å². The molecule has 0 radical (unpaired) electrons. The highest BCUT2D eigenvalue weighted by Gasteiger charge is 2.20. The number of carbonyl (C=O) groups is 1. The smallest absolute Gasteiger partial charge is 0.242 e. The zero-order chi connectivity index (χ0) is 14.5. The van der Waals surface area contributed by atoms with Crippen LogP contribution in [0.3, 0.4) is 0 Å². The van der Waals surface area contributed by atoms with Crippen LogP contribution in [0.2, 0.25) is 0 Å². The van der Waals surface area contributed by atoms with E-state index in [9.17, 15) is 13.2 Å². The summed E-state index contributed by atoms with van der Waals surface area (Å²) in [5.74, 6) is -0.0692. The first kappa shape index (κ1) is 15.9. The van der Waals surface area contributed by atoms with Crippen molar-refractivity contribution in [2.24, 2.45) is 0 Å². The molecule has 5 heteroatoms. The molecule has 0 N–H and O–H groups in total. The molecule has 0 saturated carbocycles. The van der Waals surface area contributed by atoms with Gasteiger partial charge in [-0.3, -0.25) is 4.79 Å². The maximum atomic E-state index is 12.2. The van der Waals surface area contributed by atoms with Crippen molar-refractivity contribution in [1.29, 1.82) is 0 Å². The number of hydrogen-bond donors (Lipinski definition) is 0. The molecule has 0 saturated heterocycles. The van der Waals surface area contributed by atoms with E-state index in [1.165, 1.54) is 23.4 Å². The van der Waals surface area contributed by atoms with E-state index in [0.29, 0.717) is 12.1 Å². The van der Waals surface area contributed by atoms with Crippen molar-refractivity contribution in [1.82, 2.24) is 4.31 Å². The Bertz CT molecular complexity index is 520. The fourth-order valence-corrected chi connectivity index (χ4v) is 2.96. The van der Waals surface area contributed by atoms with Crippen molar-refractivity contribution >= 4 is 15.8 Å². The molecule has 0 unspecified atom stereocenters. The minimum atomic E-state index is -3.44. The third-order valence-corrected chi connectivity index (χ3v) is 4.92. The number of Topliss-reactive ketones (excluding diaryl/α,β-unsaturated/α-hetero) is 1. The molecule has 0 aromatic heterocycles. The summed E-state index contributed by atoms with van der Waals surface area (Å²) in [6, 6.07) is 6.08. The van der Waals surface area contributed by atoms with Gasteiger partial charge in [-0.2, -0.15) is 0 Å². The molecule has 1 rings (SSSR count). The zero-order valence-corrected chi connectivity index (χ0v) is 12.5. The number of ketones is 1. The van der Waals surface area contributed by atoms with E-state index in [-0.39, 0.29) is 10.7 Å². The SMILES string of the molecule is CCCCCN(C)S(=O)(=O)c1ccc(C(C)=O)cc1. The van der Waals surface area contributed by atoms with Crippen molar-refractivity contribution in [2.45, 2.75) is 38.0 Å². The first-order valence-electron chi connectivity index (χ1n) is 6.47. The van der Waals surface area contributed by atoms with Crippen molar-refractivity contribution in [3.8, 4) is 0 Å². The monoisotopic (exact) mass is 283 g/mol. The van der Waals surface area contributed by atoms with Gasteiger partial charge in [0.1, 0.15) is 0 Å². The molecule has 4 nitrogen and oxygen atoms in total. The van der Waals surface area contributed by atoms with Gasteiger partial charge in [-0.1, -0.05) is 31.9 Å². The van der Waals surface area contributed by atoms with Gasteiger partial charge >= 0.3 is 0 Å². The van der Waals surface area contributed by atoms with E-state index in [1.54, 1.807) is 19.2 Å². The van der Waals surface area contributed by atoms with E-state index in [2.05, 4.69) is 6.92 Å². The number of unbranched alkanes of at least 4 members (excludes halogenated alkanes) is 2. The highest BCUT2D eigenvalue weighted by molar-refractivity contribution is 7.89. The van der Waals surface area contributed by atoms with Crippen molar-refractivity contribution < 1.29 is 13.2 Å². The summed E-state index contributed by atoms with van der Waals surface area (Å²) in [6.07, 6.45) is 2.93. The predicted molar refractivity (Wildman–Crippen MR) is 75.8 cm³/mol. The molecule has 0 spiro atoms. The summed E-state index contributed by atoms with van der Waals surface area (Å²) in [5.41, 5.74) is 0.521. The third kappa shape index (κ3) is 4.14. The van der Waals surface area contributed by atoms with Crippen LogP contribution in [0.15, 0.2) is 29.2 Å². The lowest BCUT2D eigenvalue weighted by atomic mass is 10.2. The molecule has 1 aromatic carbocycles. The number of rotatable bonds is 7. The van der Waals surface area contributed by atoms with Crippen LogP contribution in [0.1, 0.15) is 43.5 Å². The molecule has 0 atom stereocenters. The summed E-state index contributed by atoms with van der Waals surface area (Å²) in [7, 11) is -1.85. The van der Waals surface area contributed by atoms with Crippen molar-refractivity contribution in [2.75, 3.05) is 13.6 Å². The average molecular weight is 283 g/mol. The van der Waals surface area contributed by atoms with E-state index in [0.717, 1.165) is 19.3 Å². The van der Waals surface area contributed by atoms with Crippen molar-refractivity contribution in [3.63, 3.8) is 0 Å². The third-order valence-electron chi connectivity index (χ3n) is 3.05. The summed E-state index contributed by atoms with van der Waals surface area (Å²) < 4.78 is 25.9. The van der Waals surface area contributed by atoms with Gasteiger partial charge < -0.3 is 0 Å².